The van der Waals surface area contributed by atoms with Gasteiger partial charge in [0.2, 0.25) is 0 Å². The number of hydrogen-bond acceptors (Lipinski definition) is 8. The molecule has 174 valence electrons. The first-order valence-electron chi connectivity index (χ1n) is 11.7. The second kappa shape index (κ2) is 10.4. The molecule has 0 unspecified atom stereocenters. The number of likely N-dealkylation sites (N-methyl/N-ethyl adjacent to an activating group) is 1. The zero-order chi connectivity index (χ0) is 22.5. The predicted molar refractivity (Wildman–Crippen MR) is 129 cm³/mol. The summed E-state index contributed by atoms with van der Waals surface area (Å²) in [5.74, 6) is 2.36. The number of piperazine rings is 1. The molecule has 1 aromatic heterocycles. The summed E-state index contributed by atoms with van der Waals surface area (Å²) in [5.41, 5.74) is 3.05. The molecular weight excluding hydrogens is 404 g/mol. The molecule has 1 aromatic carbocycles. The minimum Gasteiger partial charge on any atom is -0.497 e. The number of aliphatic hydroxyl groups is 1. The van der Waals surface area contributed by atoms with Gasteiger partial charge in [-0.15, -0.1) is 0 Å². The van der Waals surface area contributed by atoms with Crippen LogP contribution in [0.25, 0.3) is 0 Å². The van der Waals surface area contributed by atoms with Gasteiger partial charge in [-0.3, -0.25) is 4.98 Å². The summed E-state index contributed by atoms with van der Waals surface area (Å²) in [4.78, 5) is 14.2. The van der Waals surface area contributed by atoms with E-state index in [2.05, 4.69) is 51.5 Å². The maximum Gasteiger partial charge on any atom is 0.151 e. The summed E-state index contributed by atoms with van der Waals surface area (Å²) >= 11 is 0. The van der Waals surface area contributed by atoms with Crippen LogP contribution >= 0.6 is 0 Å². The molecule has 3 N–H and O–H groups in total. The third-order valence-electron chi connectivity index (χ3n) is 6.49. The fourth-order valence-corrected chi connectivity index (χ4v) is 4.43. The third kappa shape index (κ3) is 5.61. The molecule has 1 aliphatic carbocycles. The average molecular weight is 441 g/mol. The molecule has 1 saturated heterocycles. The van der Waals surface area contributed by atoms with E-state index >= 15 is 0 Å². The summed E-state index contributed by atoms with van der Waals surface area (Å²) < 4.78 is 5.57. The van der Waals surface area contributed by atoms with Crippen molar-refractivity contribution in [2.24, 2.45) is 0 Å². The Hall–Kier alpha value is -2.58. The van der Waals surface area contributed by atoms with Crippen molar-refractivity contribution in [2.75, 3.05) is 55.9 Å². The van der Waals surface area contributed by atoms with E-state index in [1.54, 1.807) is 13.3 Å². The number of nitrogens with one attached hydrogen (secondary N) is 2. The van der Waals surface area contributed by atoms with Gasteiger partial charge in [0.15, 0.2) is 5.82 Å². The number of benzene rings is 1. The quantitative estimate of drug-likeness (QED) is 0.605. The molecule has 2 aromatic rings. The molecule has 2 heterocycles. The van der Waals surface area contributed by atoms with Crippen molar-refractivity contribution in [3.05, 3.63) is 30.1 Å². The Morgan fingerprint density at radius 2 is 1.84 bits per heavy atom. The van der Waals surface area contributed by atoms with E-state index in [9.17, 15) is 5.11 Å². The van der Waals surface area contributed by atoms with Crippen LogP contribution in [0.3, 0.4) is 0 Å². The van der Waals surface area contributed by atoms with Crippen LogP contribution in [0.4, 0.5) is 23.0 Å². The van der Waals surface area contributed by atoms with Crippen molar-refractivity contribution in [1.29, 1.82) is 0 Å². The number of aromatic nitrogens is 2. The molecule has 4 rings (SSSR count). The third-order valence-corrected chi connectivity index (χ3v) is 6.49. The van der Waals surface area contributed by atoms with Gasteiger partial charge in [0.05, 0.1) is 25.1 Å². The fraction of sp³-hybridized carbons (Fsp3) is 0.583. The first-order chi connectivity index (χ1) is 15.5. The first kappa shape index (κ1) is 22.6. The van der Waals surface area contributed by atoms with Gasteiger partial charge < -0.3 is 30.3 Å². The van der Waals surface area contributed by atoms with Crippen LogP contribution in [0.2, 0.25) is 0 Å². The predicted octanol–water partition coefficient (Wildman–Crippen LogP) is 3.26. The van der Waals surface area contributed by atoms with Gasteiger partial charge in [0.25, 0.3) is 0 Å². The molecule has 1 aliphatic heterocycles. The van der Waals surface area contributed by atoms with Crippen LogP contribution in [0, 0.1) is 0 Å². The molecule has 8 nitrogen and oxygen atoms in total. The Morgan fingerprint density at radius 1 is 1.09 bits per heavy atom. The van der Waals surface area contributed by atoms with Crippen LogP contribution < -0.4 is 20.3 Å². The zero-order valence-electron chi connectivity index (χ0n) is 19.5. The molecule has 0 amide bonds. The van der Waals surface area contributed by atoms with Crippen LogP contribution in [-0.4, -0.2) is 72.5 Å². The topological polar surface area (TPSA) is 85.8 Å². The SMILES string of the molecule is CCc1ncc(Nc2cc(OC)cc(N3CCN(C)CC3)c2)nc1NC1CCC(O)CC1. The molecule has 0 spiro atoms. The van der Waals surface area contributed by atoms with Crippen LogP contribution in [0.5, 0.6) is 5.75 Å². The highest BCUT2D eigenvalue weighted by atomic mass is 16.5. The molecule has 1 saturated carbocycles. The van der Waals surface area contributed by atoms with Crippen molar-refractivity contribution in [3.63, 3.8) is 0 Å². The minimum atomic E-state index is -0.166. The largest absolute Gasteiger partial charge is 0.497 e. The standard InChI is InChI=1S/C24H36N6O2/c1-4-22-24(27-17-5-7-20(31)8-6-17)28-23(16-25-22)26-18-13-19(15-21(14-18)32-3)30-11-9-29(2)10-12-30/h13-17,20,31H,4-12H2,1-3H3,(H2,26,27,28). The normalized spacial score (nSPS) is 21.9. The van der Waals surface area contributed by atoms with E-state index in [-0.39, 0.29) is 6.10 Å². The lowest BCUT2D eigenvalue weighted by atomic mass is 9.93. The van der Waals surface area contributed by atoms with Gasteiger partial charge in [0, 0.05) is 55.7 Å². The Bertz CT molecular complexity index is 892. The lowest BCUT2D eigenvalue weighted by Gasteiger charge is -2.34. The highest BCUT2D eigenvalue weighted by Crippen LogP contribution is 2.30. The Balaban J connectivity index is 1.52. The molecule has 2 aliphatic rings. The van der Waals surface area contributed by atoms with Crippen molar-refractivity contribution in [1.82, 2.24) is 14.9 Å². The van der Waals surface area contributed by atoms with E-state index < -0.39 is 0 Å². The Labute approximate surface area is 191 Å². The summed E-state index contributed by atoms with van der Waals surface area (Å²) in [7, 11) is 3.86. The van der Waals surface area contributed by atoms with E-state index in [0.29, 0.717) is 11.9 Å². The zero-order valence-corrected chi connectivity index (χ0v) is 19.5. The van der Waals surface area contributed by atoms with Crippen LogP contribution in [-0.2, 0) is 6.42 Å². The number of aliphatic hydroxyl groups excluding tert-OH is 1. The van der Waals surface area contributed by atoms with Crippen molar-refractivity contribution >= 4 is 23.0 Å². The van der Waals surface area contributed by atoms with Gasteiger partial charge in [-0.1, -0.05) is 6.92 Å². The summed E-state index contributed by atoms with van der Waals surface area (Å²) in [6.07, 6.45) is 6.02. The second-order valence-corrected chi connectivity index (χ2v) is 8.89. The fourth-order valence-electron chi connectivity index (χ4n) is 4.43. The van der Waals surface area contributed by atoms with Crippen molar-refractivity contribution < 1.29 is 9.84 Å². The molecule has 0 radical (unpaired) electrons. The van der Waals surface area contributed by atoms with Gasteiger partial charge in [-0.2, -0.15) is 0 Å². The maximum absolute atomic E-state index is 9.79. The van der Waals surface area contributed by atoms with E-state index in [4.69, 9.17) is 9.72 Å². The van der Waals surface area contributed by atoms with Gasteiger partial charge in [0.1, 0.15) is 11.6 Å². The number of nitrogens with zero attached hydrogens (tertiary/aromatic N) is 4. The number of aryl methyl sites for hydroxylation is 1. The van der Waals surface area contributed by atoms with Crippen LogP contribution in [0.15, 0.2) is 24.4 Å². The number of ether oxygens (including phenoxy) is 1. The lowest BCUT2D eigenvalue weighted by molar-refractivity contribution is 0.126. The second-order valence-electron chi connectivity index (χ2n) is 8.89. The lowest BCUT2D eigenvalue weighted by Crippen LogP contribution is -2.44. The molecular formula is C24H36N6O2. The number of anilines is 4. The summed E-state index contributed by atoms with van der Waals surface area (Å²) in [6, 6.07) is 6.56. The van der Waals surface area contributed by atoms with Crippen molar-refractivity contribution in [3.8, 4) is 5.75 Å². The number of rotatable bonds is 7. The van der Waals surface area contributed by atoms with E-state index in [1.807, 2.05) is 6.07 Å². The van der Waals surface area contributed by atoms with Crippen LogP contribution in [0.1, 0.15) is 38.3 Å². The Kier molecular flexibility index (Phi) is 7.32. The Morgan fingerprint density at radius 3 is 2.53 bits per heavy atom. The minimum absolute atomic E-state index is 0.166. The highest BCUT2D eigenvalue weighted by Gasteiger charge is 2.21. The molecule has 0 atom stereocenters. The first-order valence-corrected chi connectivity index (χ1v) is 11.7. The van der Waals surface area contributed by atoms with Crippen molar-refractivity contribution in [2.45, 2.75) is 51.2 Å². The maximum atomic E-state index is 9.79. The monoisotopic (exact) mass is 440 g/mol. The molecule has 8 heteroatoms. The van der Waals surface area contributed by atoms with Gasteiger partial charge in [-0.05, 0) is 45.2 Å². The van der Waals surface area contributed by atoms with Gasteiger partial charge >= 0.3 is 0 Å². The number of hydrogen-bond donors (Lipinski definition) is 3. The van der Waals surface area contributed by atoms with E-state index in [1.165, 1.54) is 0 Å². The summed E-state index contributed by atoms with van der Waals surface area (Å²) in [6.45, 7) is 6.20. The number of methoxy groups -OCH3 is 1. The average Bonchev–Trinajstić information content (AvgIpc) is 2.81. The van der Waals surface area contributed by atoms with Gasteiger partial charge in [-0.25, -0.2) is 4.98 Å². The summed E-state index contributed by atoms with van der Waals surface area (Å²) in [5, 5.41) is 16.8. The molecule has 2 fully saturated rings. The highest BCUT2D eigenvalue weighted by molar-refractivity contribution is 5.67. The van der Waals surface area contributed by atoms with E-state index in [0.717, 1.165) is 86.9 Å². The molecule has 0 bridgehead atoms. The molecule has 32 heavy (non-hydrogen) atoms. The smallest absolute Gasteiger partial charge is 0.151 e.